The molecule has 0 saturated carbocycles. The number of hydrogen-bond acceptors (Lipinski definition) is 5. The Hall–Kier alpha value is -0.470. The second-order valence-electron chi connectivity index (χ2n) is 5.18. The molecular weight excluding hydrogens is 306 g/mol. The Labute approximate surface area is 132 Å². The normalized spacial score (nSPS) is 12.5. The molecule has 0 saturated heterocycles. The first kappa shape index (κ1) is 18.6. The molecule has 0 atom stereocenters. The van der Waals surface area contributed by atoms with Gasteiger partial charge < -0.3 is 10.2 Å². The molecule has 1 aromatic heterocycles. The predicted molar refractivity (Wildman–Crippen MR) is 89.3 cm³/mol. The lowest BCUT2D eigenvalue weighted by atomic mass is 10.4. The lowest BCUT2D eigenvalue weighted by molar-refractivity contribution is 0.309. The molecule has 0 aromatic carbocycles. The van der Waals surface area contributed by atoms with Crippen LogP contribution in [0, 0.1) is 0 Å². The SMILES string of the molecule is CCN(CC)CCNS(=O)(=O)c1ccc(CNC(C)C)s1. The number of likely N-dealkylation sites (N-methyl/N-ethyl adjacent to an activating group) is 1. The van der Waals surface area contributed by atoms with Crippen LogP contribution in [0.1, 0.15) is 32.6 Å². The van der Waals surface area contributed by atoms with Crippen LogP contribution in [0.4, 0.5) is 0 Å². The van der Waals surface area contributed by atoms with Gasteiger partial charge in [-0.15, -0.1) is 11.3 Å². The third kappa shape index (κ3) is 6.44. The van der Waals surface area contributed by atoms with E-state index in [1.54, 1.807) is 6.07 Å². The fourth-order valence-electron chi connectivity index (χ4n) is 1.85. The lowest BCUT2D eigenvalue weighted by Gasteiger charge is -2.17. The summed E-state index contributed by atoms with van der Waals surface area (Å²) in [6.07, 6.45) is 0. The molecule has 0 unspecified atom stereocenters. The number of nitrogens with one attached hydrogen (secondary N) is 2. The maximum absolute atomic E-state index is 12.2. The second kappa shape index (κ2) is 8.85. The summed E-state index contributed by atoms with van der Waals surface area (Å²) in [7, 11) is -3.38. The molecule has 0 aliphatic carbocycles. The largest absolute Gasteiger partial charge is 0.310 e. The second-order valence-corrected chi connectivity index (χ2v) is 8.34. The maximum Gasteiger partial charge on any atom is 0.250 e. The average molecular weight is 334 g/mol. The maximum atomic E-state index is 12.2. The van der Waals surface area contributed by atoms with Crippen molar-refractivity contribution in [2.45, 2.75) is 44.5 Å². The van der Waals surface area contributed by atoms with Gasteiger partial charge in [0.1, 0.15) is 4.21 Å². The number of rotatable bonds is 10. The molecule has 0 radical (unpaired) electrons. The summed E-state index contributed by atoms with van der Waals surface area (Å²) in [6.45, 7) is 12.0. The van der Waals surface area contributed by atoms with Gasteiger partial charge in [0, 0.05) is 30.6 Å². The van der Waals surface area contributed by atoms with Crippen molar-refractivity contribution in [2.75, 3.05) is 26.2 Å². The van der Waals surface area contributed by atoms with Gasteiger partial charge in [-0.05, 0) is 25.2 Å². The summed E-state index contributed by atoms with van der Waals surface area (Å²) in [4.78, 5) is 3.22. The molecule has 0 aliphatic rings. The molecule has 1 aromatic rings. The van der Waals surface area contributed by atoms with Crippen LogP contribution in [0.15, 0.2) is 16.3 Å². The van der Waals surface area contributed by atoms with Crippen molar-refractivity contribution in [3.63, 3.8) is 0 Å². The van der Waals surface area contributed by atoms with Gasteiger partial charge in [-0.2, -0.15) is 0 Å². The van der Waals surface area contributed by atoms with E-state index in [4.69, 9.17) is 0 Å². The van der Waals surface area contributed by atoms with Gasteiger partial charge in [0.2, 0.25) is 10.0 Å². The van der Waals surface area contributed by atoms with E-state index < -0.39 is 10.0 Å². The Kier molecular flexibility index (Phi) is 7.83. The van der Waals surface area contributed by atoms with Gasteiger partial charge >= 0.3 is 0 Å². The van der Waals surface area contributed by atoms with Crippen molar-refractivity contribution in [1.82, 2.24) is 14.9 Å². The third-order valence-corrected chi connectivity index (χ3v) is 6.24. The first-order valence-corrected chi connectivity index (χ1v) is 9.73. The van der Waals surface area contributed by atoms with E-state index in [0.29, 0.717) is 23.3 Å². The minimum atomic E-state index is -3.38. The molecule has 1 rings (SSSR count). The van der Waals surface area contributed by atoms with Crippen LogP contribution in [0.5, 0.6) is 0 Å². The number of sulfonamides is 1. The zero-order chi connectivity index (χ0) is 15.9. The van der Waals surface area contributed by atoms with E-state index in [1.165, 1.54) is 11.3 Å². The lowest BCUT2D eigenvalue weighted by Crippen LogP contribution is -2.34. The van der Waals surface area contributed by atoms with Crippen LogP contribution in [-0.4, -0.2) is 45.5 Å². The van der Waals surface area contributed by atoms with E-state index in [0.717, 1.165) is 24.5 Å². The fourth-order valence-corrected chi connectivity index (χ4v) is 4.22. The van der Waals surface area contributed by atoms with Gasteiger partial charge in [0.05, 0.1) is 0 Å². The Morgan fingerprint density at radius 2 is 1.90 bits per heavy atom. The summed E-state index contributed by atoms with van der Waals surface area (Å²) in [5, 5.41) is 3.29. The molecule has 0 bridgehead atoms. The highest BCUT2D eigenvalue weighted by molar-refractivity contribution is 7.91. The summed E-state index contributed by atoms with van der Waals surface area (Å²) in [5.74, 6) is 0. The number of thiophene rings is 1. The molecule has 0 fully saturated rings. The number of hydrogen-bond donors (Lipinski definition) is 2. The smallest absolute Gasteiger partial charge is 0.250 e. The highest BCUT2D eigenvalue weighted by Crippen LogP contribution is 2.21. The molecule has 1 heterocycles. The predicted octanol–water partition coefficient (Wildman–Crippen LogP) is 1.87. The van der Waals surface area contributed by atoms with E-state index in [2.05, 4.69) is 42.6 Å². The fraction of sp³-hybridized carbons (Fsp3) is 0.714. The van der Waals surface area contributed by atoms with Gasteiger partial charge in [-0.25, -0.2) is 13.1 Å². The minimum absolute atomic E-state index is 0.388. The molecule has 5 nitrogen and oxygen atoms in total. The van der Waals surface area contributed by atoms with Gasteiger partial charge in [0.15, 0.2) is 0 Å². The Morgan fingerprint density at radius 3 is 2.48 bits per heavy atom. The van der Waals surface area contributed by atoms with Crippen LogP contribution in [0.3, 0.4) is 0 Å². The van der Waals surface area contributed by atoms with Crippen molar-refractivity contribution < 1.29 is 8.42 Å². The average Bonchev–Trinajstić information content (AvgIpc) is 2.91. The van der Waals surface area contributed by atoms with Crippen LogP contribution >= 0.6 is 11.3 Å². The monoisotopic (exact) mass is 333 g/mol. The first-order valence-electron chi connectivity index (χ1n) is 7.43. The van der Waals surface area contributed by atoms with E-state index in [-0.39, 0.29) is 0 Å². The zero-order valence-electron chi connectivity index (χ0n) is 13.3. The molecule has 0 amide bonds. The molecule has 7 heteroatoms. The highest BCUT2D eigenvalue weighted by atomic mass is 32.2. The molecule has 21 heavy (non-hydrogen) atoms. The molecule has 2 N–H and O–H groups in total. The molecule has 122 valence electrons. The van der Waals surface area contributed by atoms with Crippen LogP contribution in [0.2, 0.25) is 0 Å². The summed E-state index contributed by atoms with van der Waals surface area (Å²) < 4.78 is 27.5. The first-order chi connectivity index (χ1) is 9.89. The molecule has 0 aliphatic heterocycles. The third-order valence-electron chi connectivity index (χ3n) is 3.20. The van der Waals surface area contributed by atoms with Crippen molar-refractivity contribution in [1.29, 1.82) is 0 Å². The minimum Gasteiger partial charge on any atom is -0.310 e. The Morgan fingerprint density at radius 1 is 1.24 bits per heavy atom. The summed E-state index contributed by atoms with van der Waals surface area (Å²) >= 11 is 1.33. The molecular formula is C14H27N3O2S2. The van der Waals surface area contributed by atoms with E-state index in [9.17, 15) is 8.42 Å². The van der Waals surface area contributed by atoms with Crippen molar-refractivity contribution in [3.8, 4) is 0 Å². The Balaban J connectivity index is 2.54. The molecule has 0 spiro atoms. The van der Waals surface area contributed by atoms with Crippen molar-refractivity contribution >= 4 is 21.4 Å². The van der Waals surface area contributed by atoms with E-state index >= 15 is 0 Å². The topological polar surface area (TPSA) is 61.4 Å². The van der Waals surface area contributed by atoms with Gasteiger partial charge in [-0.3, -0.25) is 0 Å². The summed E-state index contributed by atoms with van der Waals surface area (Å²) in [5.41, 5.74) is 0. The van der Waals surface area contributed by atoms with Crippen LogP contribution in [-0.2, 0) is 16.6 Å². The summed E-state index contributed by atoms with van der Waals surface area (Å²) in [6, 6.07) is 3.94. The van der Waals surface area contributed by atoms with Crippen LogP contribution < -0.4 is 10.0 Å². The van der Waals surface area contributed by atoms with E-state index in [1.807, 2.05) is 6.07 Å². The van der Waals surface area contributed by atoms with Gasteiger partial charge in [0.25, 0.3) is 0 Å². The van der Waals surface area contributed by atoms with Crippen LogP contribution in [0.25, 0.3) is 0 Å². The standard InChI is InChI=1S/C14H27N3O2S2/c1-5-17(6-2)10-9-16-21(18,19)14-8-7-13(20-14)11-15-12(3)4/h7-8,12,15-16H,5-6,9-11H2,1-4H3. The highest BCUT2D eigenvalue weighted by Gasteiger charge is 2.16. The Bertz CT molecular complexity index is 508. The van der Waals surface area contributed by atoms with Crippen molar-refractivity contribution in [2.24, 2.45) is 0 Å². The van der Waals surface area contributed by atoms with Gasteiger partial charge in [-0.1, -0.05) is 27.7 Å². The van der Waals surface area contributed by atoms with Crippen molar-refractivity contribution in [3.05, 3.63) is 17.0 Å². The number of nitrogens with zero attached hydrogens (tertiary/aromatic N) is 1. The quantitative estimate of drug-likeness (QED) is 0.686. The zero-order valence-corrected chi connectivity index (χ0v) is 15.0.